The molecule has 1 unspecified atom stereocenters. The highest BCUT2D eigenvalue weighted by molar-refractivity contribution is 9.10. The summed E-state index contributed by atoms with van der Waals surface area (Å²) >= 11 is 18.0. The number of hydrogen-bond acceptors (Lipinski definition) is 2. The first-order chi connectivity index (χ1) is 9.54. The molecule has 20 heavy (non-hydrogen) atoms. The third kappa shape index (κ3) is 3.58. The fraction of sp³-hybridized carbons (Fsp3) is 0.333. The summed E-state index contributed by atoms with van der Waals surface area (Å²) in [5.41, 5.74) is 1.02. The average molecular weight is 393 g/mol. The second-order valence-electron chi connectivity index (χ2n) is 4.60. The maximum atomic E-state index is 6.39. The normalized spacial score (nSPS) is 12.7. The van der Waals surface area contributed by atoms with Gasteiger partial charge in [-0.25, -0.2) is 0 Å². The number of nitrogens with one attached hydrogen (secondary N) is 1. The van der Waals surface area contributed by atoms with Crippen LogP contribution in [0, 0.1) is 6.92 Å². The molecule has 2 aromatic rings. The lowest BCUT2D eigenvalue weighted by Crippen LogP contribution is -2.23. The fourth-order valence-electron chi connectivity index (χ4n) is 2.07. The third-order valence-corrected chi connectivity index (χ3v) is 5.86. The van der Waals surface area contributed by atoms with Gasteiger partial charge in [-0.2, -0.15) is 0 Å². The summed E-state index contributed by atoms with van der Waals surface area (Å²) in [6.07, 6.45) is 1.07. The van der Waals surface area contributed by atoms with Crippen molar-refractivity contribution in [2.24, 2.45) is 0 Å². The summed E-state index contributed by atoms with van der Waals surface area (Å²) < 4.78 is 1.12. The van der Waals surface area contributed by atoms with Crippen LogP contribution in [0.3, 0.4) is 0 Å². The van der Waals surface area contributed by atoms with Gasteiger partial charge in [0, 0.05) is 14.2 Å². The summed E-state index contributed by atoms with van der Waals surface area (Å²) in [4.78, 5) is 2.51. The number of halogens is 3. The van der Waals surface area contributed by atoms with Crippen LogP contribution in [0.4, 0.5) is 0 Å². The summed E-state index contributed by atoms with van der Waals surface area (Å²) in [6, 6.07) is 7.99. The van der Waals surface area contributed by atoms with Crippen LogP contribution < -0.4 is 5.32 Å². The van der Waals surface area contributed by atoms with Crippen LogP contribution in [0.25, 0.3) is 0 Å². The van der Waals surface area contributed by atoms with Crippen molar-refractivity contribution in [3.63, 3.8) is 0 Å². The third-order valence-electron chi connectivity index (χ3n) is 2.99. The van der Waals surface area contributed by atoms with Gasteiger partial charge in [-0.05, 0) is 53.5 Å². The standard InChI is InChI=1S/C15H16BrCl2NS/c1-3-7-19-14(15-11(16)8-9(2)20-15)10-5-4-6-12(17)13(10)18/h4-6,8,14,19H,3,7H2,1-2H3. The Balaban J connectivity index is 2.47. The second-order valence-corrected chi connectivity index (χ2v) is 7.53. The monoisotopic (exact) mass is 391 g/mol. The zero-order valence-electron chi connectivity index (χ0n) is 11.3. The van der Waals surface area contributed by atoms with Gasteiger partial charge in [-0.15, -0.1) is 11.3 Å². The first-order valence-electron chi connectivity index (χ1n) is 6.47. The highest BCUT2D eigenvalue weighted by atomic mass is 79.9. The molecule has 1 aromatic carbocycles. The van der Waals surface area contributed by atoms with Gasteiger partial charge < -0.3 is 5.32 Å². The van der Waals surface area contributed by atoms with Crippen LogP contribution >= 0.6 is 50.5 Å². The van der Waals surface area contributed by atoms with E-state index in [1.807, 2.05) is 18.2 Å². The van der Waals surface area contributed by atoms with Gasteiger partial charge in [0.05, 0.1) is 16.1 Å². The van der Waals surface area contributed by atoms with Crippen molar-refractivity contribution in [2.75, 3.05) is 6.54 Å². The predicted octanol–water partition coefficient (Wildman–Crippen LogP) is 6.21. The van der Waals surface area contributed by atoms with Gasteiger partial charge in [-0.3, -0.25) is 0 Å². The SMILES string of the molecule is CCCNC(c1cccc(Cl)c1Cl)c1sc(C)cc1Br. The molecule has 1 nitrogen and oxygen atoms in total. The minimum absolute atomic E-state index is 0.0641. The number of aryl methyl sites for hydroxylation is 1. The Labute approximate surface area is 142 Å². The van der Waals surface area contributed by atoms with Gasteiger partial charge in [0.15, 0.2) is 0 Å². The molecule has 1 aromatic heterocycles. The number of benzene rings is 1. The van der Waals surface area contributed by atoms with Crippen molar-refractivity contribution >= 4 is 50.5 Å². The Kier molecular flexibility index (Phi) is 5.94. The molecule has 108 valence electrons. The van der Waals surface area contributed by atoms with E-state index in [0.717, 1.165) is 23.0 Å². The van der Waals surface area contributed by atoms with E-state index in [0.29, 0.717) is 10.0 Å². The van der Waals surface area contributed by atoms with E-state index in [1.165, 1.54) is 9.75 Å². The number of rotatable bonds is 5. The molecule has 0 aliphatic heterocycles. The maximum absolute atomic E-state index is 6.39. The smallest absolute Gasteiger partial charge is 0.0697 e. The molecule has 0 saturated carbocycles. The fourth-order valence-corrected chi connectivity index (χ4v) is 4.47. The summed E-state index contributed by atoms with van der Waals surface area (Å²) in [5, 5.41) is 4.78. The van der Waals surface area contributed by atoms with Crippen molar-refractivity contribution in [3.8, 4) is 0 Å². The van der Waals surface area contributed by atoms with Crippen LogP contribution in [0.1, 0.15) is 34.7 Å². The van der Waals surface area contributed by atoms with E-state index in [-0.39, 0.29) is 6.04 Å². The summed E-state index contributed by atoms with van der Waals surface area (Å²) in [7, 11) is 0. The molecule has 0 bridgehead atoms. The Morgan fingerprint density at radius 1 is 1.35 bits per heavy atom. The molecule has 0 spiro atoms. The quantitative estimate of drug-likeness (QED) is 0.637. The van der Waals surface area contributed by atoms with Crippen LogP contribution in [0.15, 0.2) is 28.7 Å². The van der Waals surface area contributed by atoms with Crippen LogP contribution in [-0.4, -0.2) is 6.54 Å². The lowest BCUT2D eigenvalue weighted by atomic mass is 10.0. The van der Waals surface area contributed by atoms with Gasteiger partial charge >= 0.3 is 0 Å². The predicted molar refractivity (Wildman–Crippen MR) is 93.4 cm³/mol. The Hall–Kier alpha value is -0.0600. The average Bonchev–Trinajstić information content (AvgIpc) is 2.74. The molecule has 2 rings (SSSR count). The summed E-state index contributed by atoms with van der Waals surface area (Å²) in [5.74, 6) is 0. The molecule has 0 amide bonds. The molecule has 1 N–H and O–H groups in total. The Bertz CT molecular complexity index is 598. The lowest BCUT2D eigenvalue weighted by Gasteiger charge is -2.20. The van der Waals surface area contributed by atoms with Crippen molar-refractivity contribution in [1.82, 2.24) is 5.32 Å². The van der Waals surface area contributed by atoms with E-state index in [4.69, 9.17) is 23.2 Å². The van der Waals surface area contributed by atoms with Gasteiger partial charge in [0.2, 0.25) is 0 Å². The largest absolute Gasteiger partial charge is 0.306 e. The van der Waals surface area contributed by atoms with Crippen molar-refractivity contribution in [1.29, 1.82) is 0 Å². The van der Waals surface area contributed by atoms with Crippen LogP contribution in [-0.2, 0) is 0 Å². The zero-order valence-corrected chi connectivity index (χ0v) is 15.3. The topological polar surface area (TPSA) is 12.0 Å². The molecule has 0 fully saturated rings. The lowest BCUT2D eigenvalue weighted by molar-refractivity contribution is 0.604. The minimum atomic E-state index is 0.0641. The van der Waals surface area contributed by atoms with E-state index in [1.54, 1.807) is 11.3 Å². The van der Waals surface area contributed by atoms with E-state index in [9.17, 15) is 0 Å². The number of hydrogen-bond donors (Lipinski definition) is 1. The molecular weight excluding hydrogens is 377 g/mol. The first kappa shape index (κ1) is 16.3. The van der Waals surface area contributed by atoms with Gasteiger partial charge in [0.25, 0.3) is 0 Å². The molecule has 0 radical (unpaired) electrons. The Morgan fingerprint density at radius 2 is 2.10 bits per heavy atom. The molecule has 5 heteroatoms. The highest BCUT2D eigenvalue weighted by Crippen LogP contribution is 2.39. The molecular formula is C15H16BrCl2NS. The molecule has 0 aliphatic rings. The molecule has 1 heterocycles. The Morgan fingerprint density at radius 3 is 2.70 bits per heavy atom. The van der Waals surface area contributed by atoms with Crippen LogP contribution in [0.2, 0.25) is 10.0 Å². The molecule has 0 saturated heterocycles. The van der Waals surface area contributed by atoms with Crippen molar-refractivity contribution in [3.05, 3.63) is 54.1 Å². The van der Waals surface area contributed by atoms with Crippen molar-refractivity contribution < 1.29 is 0 Å². The minimum Gasteiger partial charge on any atom is -0.306 e. The number of thiophene rings is 1. The van der Waals surface area contributed by atoms with E-state index >= 15 is 0 Å². The maximum Gasteiger partial charge on any atom is 0.0697 e. The zero-order chi connectivity index (χ0) is 14.7. The van der Waals surface area contributed by atoms with Crippen molar-refractivity contribution in [2.45, 2.75) is 26.3 Å². The van der Waals surface area contributed by atoms with E-state index < -0.39 is 0 Å². The first-order valence-corrected chi connectivity index (χ1v) is 8.84. The molecule has 0 aliphatic carbocycles. The molecule has 1 atom stereocenters. The van der Waals surface area contributed by atoms with E-state index in [2.05, 4.69) is 41.2 Å². The van der Waals surface area contributed by atoms with Crippen LogP contribution in [0.5, 0.6) is 0 Å². The highest BCUT2D eigenvalue weighted by Gasteiger charge is 2.21. The second kappa shape index (κ2) is 7.28. The van der Waals surface area contributed by atoms with Gasteiger partial charge in [-0.1, -0.05) is 42.3 Å². The van der Waals surface area contributed by atoms with Gasteiger partial charge in [0.1, 0.15) is 0 Å². The summed E-state index contributed by atoms with van der Waals surface area (Å²) in [6.45, 7) is 5.19.